The number of hydrogen-bond acceptors (Lipinski definition) is 0. The van der Waals surface area contributed by atoms with Crippen LogP contribution in [-0.4, -0.2) is 0 Å². The van der Waals surface area contributed by atoms with Crippen LogP contribution >= 0.6 is 0 Å². The number of unbranched alkanes of at least 4 members (excludes halogenated alkanes) is 4. The van der Waals surface area contributed by atoms with Crippen molar-refractivity contribution in [1.82, 2.24) is 0 Å². The molecule has 0 heterocycles. The molecular formula is C60H66. The van der Waals surface area contributed by atoms with Crippen molar-refractivity contribution < 1.29 is 0 Å². The Morgan fingerprint density at radius 2 is 0.550 bits per heavy atom. The Labute approximate surface area is 358 Å². The van der Waals surface area contributed by atoms with Crippen LogP contribution in [0.1, 0.15) is 154 Å². The Morgan fingerprint density at radius 3 is 0.767 bits per heavy atom. The van der Waals surface area contributed by atoms with Crippen molar-refractivity contribution in [3.8, 4) is 0 Å². The van der Waals surface area contributed by atoms with E-state index in [4.69, 9.17) is 0 Å². The maximum absolute atomic E-state index is 2.54. The zero-order chi connectivity index (χ0) is 41.8. The summed E-state index contributed by atoms with van der Waals surface area (Å²) >= 11 is 0. The van der Waals surface area contributed by atoms with Crippen LogP contribution in [0.4, 0.5) is 0 Å². The second-order valence-electron chi connectivity index (χ2n) is 20.9. The van der Waals surface area contributed by atoms with Crippen molar-refractivity contribution in [3.05, 3.63) is 106 Å². The summed E-state index contributed by atoms with van der Waals surface area (Å²) in [7, 11) is 0. The number of benzene rings is 8. The quantitative estimate of drug-likeness (QED) is 0.116. The van der Waals surface area contributed by atoms with E-state index in [0.717, 1.165) is 25.7 Å². The monoisotopic (exact) mass is 787 g/mol. The van der Waals surface area contributed by atoms with Crippen molar-refractivity contribution in [2.24, 2.45) is 0 Å². The normalized spacial score (nSPS) is 13.3. The molecule has 0 aliphatic heterocycles. The zero-order valence-corrected chi connectivity index (χ0v) is 38.4. The van der Waals surface area contributed by atoms with Crippen LogP contribution in [0, 0.1) is 0 Å². The Kier molecular flexibility index (Phi) is 9.51. The van der Waals surface area contributed by atoms with Gasteiger partial charge in [-0.3, -0.25) is 0 Å². The van der Waals surface area contributed by atoms with Gasteiger partial charge in [0.25, 0.3) is 0 Å². The standard InChI is InChI=1S/C60H66/c1-11-15-19-41-53-42(20-16-12-2)57-47-29-25-37-33-40(60(8,9)10)34-38-26-30-48(52(47)50(37)38)58(57)44(22-18-14-4)54(53)43(21-17-13-3)56-46-28-24-36-32-39(59(5,6)7)31-35-23-27-45(55(41)56)51(46)49(35)36/h23-34H,11-22H2,1-10H3. The summed E-state index contributed by atoms with van der Waals surface area (Å²) in [4.78, 5) is 0. The molecule has 0 nitrogen and oxygen atoms in total. The molecule has 0 fully saturated rings. The van der Waals surface area contributed by atoms with Gasteiger partial charge in [0.1, 0.15) is 0 Å². The van der Waals surface area contributed by atoms with Crippen LogP contribution in [0.3, 0.4) is 0 Å². The average Bonchev–Trinajstić information content (AvgIpc) is 3.75. The lowest BCUT2D eigenvalue weighted by atomic mass is 9.80. The van der Waals surface area contributed by atoms with Crippen LogP contribution in [0.2, 0.25) is 0 Å². The molecule has 0 unspecified atom stereocenters. The first-order chi connectivity index (χ1) is 28.9. The number of fused-ring (bicyclic) bond motifs is 7. The molecule has 306 valence electrons. The first kappa shape index (κ1) is 39.5. The topological polar surface area (TPSA) is 0 Å². The SMILES string of the molecule is CCCCc1c2c(CCCC)c3c4ccc5cc(C(C)(C)C)cc6ccc(c3c(CCCC)c2c(CCCC)c2c3ccc7cc(C(C)(C)C)cc8ccc(c12)c3c87)c4c56. The third kappa shape index (κ3) is 5.75. The number of rotatable bonds is 12. The predicted octanol–water partition coefficient (Wildman–Crippen LogP) is 18.3. The Hall–Kier alpha value is -4.68. The Bertz CT molecular complexity index is 2840. The van der Waals surface area contributed by atoms with Gasteiger partial charge in [-0.2, -0.15) is 0 Å². The molecule has 10 rings (SSSR count). The van der Waals surface area contributed by atoms with E-state index in [1.165, 1.54) is 127 Å². The van der Waals surface area contributed by atoms with E-state index in [2.05, 4.69) is 142 Å². The summed E-state index contributed by atoms with van der Waals surface area (Å²) in [6.45, 7) is 23.7. The highest BCUT2D eigenvalue weighted by atomic mass is 14.3. The summed E-state index contributed by atoms with van der Waals surface area (Å²) < 4.78 is 0. The predicted molar refractivity (Wildman–Crippen MR) is 269 cm³/mol. The van der Waals surface area contributed by atoms with E-state index in [1.807, 2.05) is 0 Å². The van der Waals surface area contributed by atoms with Crippen LogP contribution in [0.5, 0.6) is 0 Å². The molecule has 0 bridgehead atoms. The largest absolute Gasteiger partial charge is 0.0654 e. The highest BCUT2D eigenvalue weighted by Gasteiger charge is 2.30. The van der Waals surface area contributed by atoms with Crippen LogP contribution < -0.4 is 0 Å². The number of hydrogen-bond donors (Lipinski definition) is 0. The highest BCUT2D eigenvalue weighted by molar-refractivity contribution is 6.41. The summed E-state index contributed by atoms with van der Waals surface area (Å²) in [5.41, 5.74) is 9.61. The van der Waals surface area contributed by atoms with E-state index in [9.17, 15) is 0 Å². The molecule has 60 heavy (non-hydrogen) atoms. The lowest BCUT2D eigenvalue weighted by Gasteiger charge is -2.24. The molecule has 0 aliphatic rings. The van der Waals surface area contributed by atoms with Crippen molar-refractivity contribution in [2.75, 3.05) is 0 Å². The second kappa shape index (κ2) is 14.5. The fraction of sp³-hybridized carbons (Fsp3) is 0.400. The molecule has 10 aromatic carbocycles. The van der Waals surface area contributed by atoms with Crippen molar-refractivity contribution in [3.63, 3.8) is 0 Å². The lowest BCUT2D eigenvalue weighted by Crippen LogP contribution is -2.10. The molecule has 0 heteroatoms. The van der Waals surface area contributed by atoms with E-state index in [0.29, 0.717) is 0 Å². The molecule has 0 aliphatic carbocycles. The first-order valence-electron chi connectivity index (χ1n) is 23.9. The molecule has 0 spiro atoms. The van der Waals surface area contributed by atoms with Gasteiger partial charge in [0.05, 0.1) is 0 Å². The minimum atomic E-state index is 0.0976. The van der Waals surface area contributed by atoms with Gasteiger partial charge in [-0.05, 0) is 193 Å². The van der Waals surface area contributed by atoms with E-state index in [-0.39, 0.29) is 10.8 Å². The molecule has 0 N–H and O–H groups in total. The summed E-state index contributed by atoms with van der Waals surface area (Å²) in [6.07, 6.45) is 14.1. The van der Waals surface area contributed by atoms with E-state index < -0.39 is 0 Å². The molecule has 0 saturated carbocycles. The molecule has 0 saturated heterocycles. The van der Waals surface area contributed by atoms with Gasteiger partial charge in [0.2, 0.25) is 0 Å². The molecule has 0 amide bonds. The van der Waals surface area contributed by atoms with Crippen LogP contribution in [0.15, 0.2) is 72.8 Å². The number of aryl methyl sites for hydroxylation is 4. The molecule has 0 atom stereocenters. The molecule has 0 radical (unpaired) electrons. The maximum Gasteiger partial charge on any atom is -0.00141 e. The average molecular weight is 787 g/mol. The Morgan fingerprint density at radius 1 is 0.300 bits per heavy atom. The summed E-state index contributed by atoms with van der Waals surface area (Å²) in [5, 5.41) is 27.1. The smallest absolute Gasteiger partial charge is 0.00141 e. The molecule has 0 aromatic heterocycles. The highest BCUT2D eigenvalue weighted by Crippen LogP contribution is 2.54. The first-order valence-corrected chi connectivity index (χ1v) is 23.9. The fourth-order valence-electron chi connectivity index (χ4n) is 11.7. The zero-order valence-electron chi connectivity index (χ0n) is 38.4. The van der Waals surface area contributed by atoms with Crippen LogP contribution in [-0.2, 0) is 36.5 Å². The van der Waals surface area contributed by atoms with Gasteiger partial charge in [-0.1, -0.05) is 168 Å². The molecular weight excluding hydrogens is 721 g/mol. The minimum Gasteiger partial charge on any atom is -0.0654 e. The van der Waals surface area contributed by atoms with Crippen molar-refractivity contribution in [1.29, 1.82) is 0 Å². The van der Waals surface area contributed by atoms with Gasteiger partial charge < -0.3 is 0 Å². The Balaban J connectivity index is 1.47. The van der Waals surface area contributed by atoms with Crippen LogP contribution in [0.25, 0.3) is 97.0 Å². The van der Waals surface area contributed by atoms with Gasteiger partial charge in [-0.15, -0.1) is 0 Å². The van der Waals surface area contributed by atoms with E-state index >= 15 is 0 Å². The third-order valence-corrected chi connectivity index (χ3v) is 14.8. The lowest BCUT2D eigenvalue weighted by molar-refractivity contribution is 0.591. The van der Waals surface area contributed by atoms with Gasteiger partial charge in [-0.25, -0.2) is 0 Å². The minimum absolute atomic E-state index is 0.0976. The second-order valence-corrected chi connectivity index (χ2v) is 20.9. The van der Waals surface area contributed by atoms with E-state index in [1.54, 1.807) is 54.6 Å². The van der Waals surface area contributed by atoms with Gasteiger partial charge in [0, 0.05) is 0 Å². The van der Waals surface area contributed by atoms with Crippen molar-refractivity contribution in [2.45, 2.75) is 157 Å². The maximum atomic E-state index is 2.54. The molecule has 10 aromatic rings. The van der Waals surface area contributed by atoms with Gasteiger partial charge in [0.15, 0.2) is 0 Å². The van der Waals surface area contributed by atoms with Crippen molar-refractivity contribution >= 4 is 97.0 Å². The third-order valence-electron chi connectivity index (χ3n) is 14.8. The van der Waals surface area contributed by atoms with Gasteiger partial charge >= 0.3 is 0 Å². The fourth-order valence-corrected chi connectivity index (χ4v) is 11.7. The summed E-state index contributed by atoms with van der Waals surface area (Å²) in [5.74, 6) is 0. The summed E-state index contributed by atoms with van der Waals surface area (Å²) in [6, 6.07) is 30.0.